The lowest BCUT2D eigenvalue weighted by molar-refractivity contribution is -0.117. The highest BCUT2D eigenvalue weighted by Crippen LogP contribution is 2.09. The quantitative estimate of drug-likeness (QED) is 0.691. The number of nitriles is 1. The van der Waals surface area contributed by atoms with Crippen molar-refractivity contribution in [2.24, 2.45) is 0 Å². The Hall–Kier alpha value is -2.93. The summed E-state index contributed by atoms with van der Waals surface area (Å²) in [6.07, 6.45) is 1.36. The van der Waals surface area contributed by atoms with E-state index in [1.807, 2.05) is 36.4 Å². The van der Waals surface area contributed by atoms with Gasteiger partial charge in [0.25, 0.3) is 5.91 Å². The molecule has 2 rings (SSSR count). The molecule has 0 unspecified atom stereocenters. The van der Waals surface area contributed by atoms with E-state index in [2.05, 4.69) is 5.32 Å². The maximum absolute atomic E-state index is 13.1. The van der Waals surface area contributed by atoms with Crippen LogP contribution in [-0.4, -0.2) is 5.91 Å². The van der Waals surface area contributed by atoms with Gasteiger partial charge in [-0.3, -0.25) is 4.79 Å². The molecule has 0 bridgehead atoms. The highest BCUT2D eigenvalue weighted by molar-refractivity contribution is 6.01. The number of hydrogen-bond donors (Lipinski definition) is 1. The highest BCUT2D eigenvalue weighted by atomic mass is 19.1. The number of carbonyl (C=O) groups is 1. The van der Waals surface area contributed by atoms with Gasteiger partial charge in [0, 0.05) is 6.54 Å². The van der Waals surface area contributed by atoms with Crippen LogP contribution in [0.5, 0.6) is 0 Å². The molecule has 104 valence electrons. The standard InChI is InChI=1S/C17H13FN2O/c18-16-8-4-7-14(10-16)9-15(11-19)17(21)20-12-13-5-2-1-3-6-13/h1-10H,12H2,(H,20,21)/b15-9+. The molecular weight excluding hydrogens is 267 g/mol. The van der Waals surface area contributed by atoms with Crippen molar-refractivity contribution >= 4 is 12.0 Å². The van der Waals surface area contributed by atoms with Crippen molar-refractivity contribution in [3.63, 3.8) is 0 Å². The van der Waals surface area contributed by atoms with E-state index in [0.717, 1.165) is 5.56 Å². The molecule has 0 aromatic heterocycles. The van der Waals surface area contributed by atoms with E-state index >= 15 is 0 Å². The van der Waals surface area contributed by atoms with E-state index in [1.165, 1.54) is 24.3 Å². The second-order valence-electron chi connectivity index (χ2n) is 4.39. The van der Waals surface area contributed by atoms with Gasteiger partial charge in [0.15, 0.2) is 0 Å². The number of carbonyl (C=O) groups excluding carboxylic acids is 1. The van der Waals surface area contributed by atoms with Gasteiger partial charge in [-0.25, -0.2) is 4.39 Å². The van der Waals surface area contributed by atoms with Crippen LogP contribution in [0.15, 0.2) is 60.2 Å². The molecule has 0 saturated carbocycles. The first-order valence-corrected chi connectivity index (χ1v) is 6.38. The Balaban J connectivity index is 2.07. The normalized spacial score (nSPS) is 10.8. The number of benzene rings is 2. The highest BCUT2D eigenvalue weighted by Gasteiger charge is 2.08. The number of nitrogens with one attached hydrogen (secondary N) is 1. The van der Waals surface area contributed by atoms with Crippen molar-refractivity contribution in [1.82, 2.24) is 5.32 Å². The molecule has 2 aromatic rings. The predicted octanol–water partition coefficient (Wildman–Crippen LogP) is 3.05. The fraction of sp³-hybridized carbons (Fsp3) is 0.0588. The molecule has 4 heteroatoms. The molecule has 1 amide bonds. The van der Waals surface area contributed by atoms with Crippen LogP contribution in [0, 0.1) is 17.1 Å². The zero-order valence-electron chi connectivity index (χ0n) is 11.2. The number of rotatable bonds is 4. The Kier molecular flexibility index (Phi) is 4.84. The summed E-state index contributed by atoms with van der Waals surface area (Å²) in [5.41, 5.74) is 1.35. The minimum absolute atomic E-state index is 0.0588. The summed E-state index contributed by atoms with van der Waals surface area (Å²) < 4.78 is 13.1. The SMILES string of the molecule is N#C/C(=C\c1cccc(F)c1)C(=O)NCc1ccccc1. The molecule has 21 heavy (non-hydrogen) atoms. The van der Waals surface area contributed by atoms with Gasteiger partial charge in [-0.15, -0.1) is 0 Å². The molecular formula is C17H13FN2O. The lowest BCUT2D eigenvalue weighted by Gasteiger charge is -2.04. The summed E-state index contributed by atoms with van der Waals surface area (Å²) in [4.78, 5) is 11.9. The lowest BCUT2D eigenvalue weighted by Crippen LogP contribution is -2.23. The number of halogens is 1. The van der Waals surface area contributed by atoms with E-state index in [0.29, 0.717) is 12.1 Å². The predicted molar refractivity (Wildman–Crippen MR) is 78.3 cm³/mol. The van der Waals surface area contributed by atoms with Crippen LogP contribution in [0.1, 0.15) is 11.1 Å². The second kappa shape index (κ2) is 7.01. The number of amides is 1. The monoisotopic (exact) mass is 280 g/mol. The number of hydrogen-bond acceptors (Lipinski definition) is 2. The van der Waals surface area contributed by atoms with Gasteiger partial charge in [0.05, 0.1) is 0 Å². The molecule has 0 aliphatic carbocycles. The second-order valence-corrected chi connectivity index (χ2v) is 4.39. The van der Waals surface area contributed by atoms with Gasteiger partial charge >= 0.3 is 0 Å². The zero-order chi connectivity index (χ0) is 15.1. The Morgan fingerprint density at radius 2 is 1.95 bits per heavy atom. The molecule has 0 fully saturated rings. The van der Waals surface area contributed by atoms with Crippen molar-refractivity contribution < 1.29 is 9.18 Å². The Morgan fingerprint density at radius 3 is 2.62 bits per heavy atom. The first kappa shape index (κ1) is 14.5. The van der Waals surface area contributed by atoms with Gasteiger partial charge in [0.1, 0.15) is 17.5 Å². The molecule has 2 aromatic carbocycles. The first-order chi connectivity index (χ1) is 10.2. The van der Waals surface area contributed by atoms with Crippen LogP contribution in [0.25, 0.3) is 6.08 Å². The molecule has 0 spiro atoms. The average molecular weight is 280 g/mol. The molecule has 3 nitrogen and oxygen atoms in total. The van der Waals surface area contributed by atoms with Gasteiger partial charge in [-0.2, -0.15) is 5.26 Å². The van der Waals surface area contributed by atoms with E-state index < -0.39 is 11.7 Å². The Morgan fingerprint density at radius 1 is 1.19 bits per heavy atom. The molecule has 0 radical (unpaired) electrons. The minimum Gasteiger partial charge on any atom is -0.347 e. The molecule has 0 aliphatic heterocycles. The summed E-state index contributed by atoms with van der Waals surface area (Å²) in [5, 5.41) is 11.7. The van der Waals surface area contributed by atoms with Crippen molar-refractivity contribution in [2.75, 3.05) is 0 Å². The van der Waals surface area contributed by atoms with Gasteiger partial charge < -0.3 is 5.32 Å². The third-order valence-electron chi connectivity index (χ3n) is 2.82. The van der Waals surface area contributed by atoms with Crippen molar-refractivity contribution in [1.29, 1.82) is 5.26 Å². The first-order valence-electron chi connectivity index (χ1n) is 6.38. The van der Waals surface area contributed by atoms with Crippen LogP contribution in [0.4, 0.5) is 4.39 Å². The minimum atomic E-state index is -0.481. The summed E-state index contributed by atoms with van der Waals surface area (Å²) in [5.74, 6) is -0.892. The smallest absolute Gasteiger partial charge is 0.262 e. The maximum atomic E-state index is 13.1. The largest absolute Gasteiger partial charge is 0.347 e. The Bertz CT molecular complexity index is 702. The maximum Gasteiger partial charge on any atom is 0.262 e. The van der Waals surface area contributed by atoms with Crippen LogP contribution < -0.4 is 5.32 Å². The fourth-order valence-corrected chi connectivity index (χ4v) is 1.79. The average Bonchev–Trinajstić information content (AvgIpc) is 2.51. The third kappa shape index (κ3) is 4.29. The van der Waals surface area contributed by atoms with E-state index in [4.69, 9.17) is 5.26 Å². The lowest BCUT2D eigenvalue weighted by atomic mass is 10.1. The van der Waals surface area contributed by atoms with Crippen molar-refractivity contribution in [3.05, 3.63) is 77.1 Å². The van der Waals surface area contributed by atoms with Crippen LogP contribution >= 0.6 is 0 Å². The van der Waals surface area contributed by atoms with Gasteiger partial charge in [-0.1, -0.05) is 42.5 Å². The summed E-state index contributed by atoms with van der Waals surface area (Å²) in [7, 11) is 0. The van der Waals surface area contributed by atoms with Gasteiger partial charge in [0.2, 0.25) is 0 Å². The molecule has 0 atom stereocenters. The van der Waals surface area contributed by atoms with E-state index in [9.17, 15) is 9.18 Å². The van der Waals surface area contributed by atoms with Crippen molar-refractivity contribution in [2.45, 2.75) is 6.54 Å². The fourth-order valence-electron chi connectivity index (χ4n) is 1.79. The summed E-state index contributed by atoms with van der Waals surface area (Å²) in [6.45, 7) is 0.335. The van der Waals surface area contributed by atoms with E-state index in [1.54, 1.807) is 6.07 Å². The number of nitrogens with zero attached hydrogens (tertiary/aromatic N) is 1. The summed E-state index contributed by atoms with van der Waals surface area (Å²) >= 11 is 0. The van der Waals surface area contributed by atoms with Gasteiger partial charge in [-0.05, 0) is 29.3 Å². The topological polar surface area (TPSA) is 52.9 Å². The van der Waals surface area contributed by atoms with E-state index in [-0.39, 0.29) is 5.57 Å². The zero-order valence-corrected chi connectivity index (χ0v) is 11.2. The molecule has 1 N–H and O–H groups in total. The van der Waals surface area contributed by atoms with Crippen molar-refractivity contribution in [3.8, 4) is 6.07 Å². The van der Waals surface area contributed by atoms with Crippen LogP contribution in [0.3, 0.4) is 0 Å². The third-order valence-corrected chi connectivity index (χ3v) is 2.82. The molecule has 0 aliphatic rings. The van der Waals surface area contributed by atoms with Crippen LogP contribution in [-0.2, 0) is 11.3 Å². The molecule has 0 heterocycles. The molecule has 0 saturated heterocycles. The van der Waals surface area contributed by atoms with Crippen LogP contribution in [0.2, 0.25) is 0 Å². The summed E-state index contributed by atoms with van der Waals surface area (Å²) in [6, 6.07) is 16.9. The Labute approximate surface area is 122 Å².